The average Bonchev–Trinajstić information content (AvgIpc) is 3.37. The molecule has 0 spiro atoms. The second-order valence-corrected chi connectivity index (χ2v) is 6.31. The summed E-state index contributed by atoms with van der Waals surface area (Å²) in [5.41, 5.74) is -0.198. The summed E-state index contributed by atoms with van der Waals surface area (Å²) >= 11 is 0. The summed E-state index contributed by atoms with van der Waals surface area (Å²) < 4.78 is 7.88. The van der Waals surface area contributed by atoms with Crippen LogP contribution in [0.1, 0.15) is 0 Å². The first-order valence-corrected chi connectivity index (χ1v) is 8.21. The maximum atomic E-state index is 4.42. The molecule has 8 nitrogen and oxygen atoms in total. The van der Waals surface area contributed by atoms with Crippen molar-refractivity contribution in [2.45, 2.75) is 26.2 Å². The van der Waals surface area contributed by atoms with Crippen LogP contribution >= 0.6 is 0 Å². The molecule has 4 heterocycles. The first kappa shape index (κ1) is 15.4. The lowest BCUT2D eigenvalue weighted by Crippen LogP contribution is -2.40. The predicted molar refractivity (Wildman–Crippen MR) is 91.3 cm³/mol. The lowest BCUT2D eigenvalue weighted by molar-refractivity contribution is 0.112. The SMILES string of the molecule is c1cnn(CC(Cn2cccn2)(Cn2cccn2)Cn2cccn2)c1. The van der Waals surface area contributed by atoms with Crippen LogP contribution in [0.25, 0.3) is 0 Å². The number of hydrogen-bond donors (Lipinski definition) is 0. The molecule has 0 saturated carbocycles. The zero-order chi connectivity index (χ0) is 17.0. The van der Waals surface area contributed by atoms with Gasteiger partial charge in [0, 0.05) is 55.0 Å². The van der Waals surface area contributed by atoms with Gasteiger partial charge >= 0.3 is 0 Å². The van der Waals surface area contributed by atoms with E-state index in [2.05, 4.69) is 20.4 Å². The van der Waals surface area contributed by atoms with Crippen LogP contribution in [0.15, 0.2) is 73.8 Å². The highest BCUT2D eigenvalue weighted by Gasteiger charge is 2.34. The molecule has 0 N–H and O–H groups in total. The molecule has 0 amide bonds. The van der Waals surface area contributed by atoms with Crippen molar-refractivity contribution in [1.29, 1.82) is 0 Å². The third kappa shape index (κ3) is 3.68. The van der Waals surface area contributed by atoms with Crippen molar-refractivity contribution in [2.24, 2.45) is 5.41 Å². The molecule has 4 rings (SSSR count). The van der Waals surface area contributed by atoms with Crippen molar-refractivity contribution >= 4 is 0 Å². The third-order valence-electron chi connectivity index (χ3n) is 4.23. The molecule has 0 aliphatic carbocycles. The molecule has 8 heteroatoms. The first-order chi connectivity index (χ1) is 12.3. The van der Waals surface area contributed by atoms with Crippen LogP contribution in [0, 0.1) is 5.41 Å². The fraction of sp³-hybridized carbons (Fsp3) is 0.294. The largest absolute Gasteiger partial charge is 0.272 e. The van der Waals surface area contributed by atoms with Crippen LogP contribution in [0.3, 0.4) is 0 Å². The van der Waals surface area contributed by atoms with Crippen LogP contribution < -0.4 is 0 Å². The summed E-state index contributed by atoms with van der Waals surface area (Å²) in [6.07, 6.45) is 15.2. The Morgan fingerprint density at radius 3 is 0.960 bits per heavy atom. The highest BCUT2D eigenvalue weighted by atomic mass is 15.3. The molecular formula is C17H20N8. The lowest BCUT2D eigenvalue weighted by Gasteiger charge is -2.33. The summed E-state index contributed by atoms with van der Waals surface area (Å²) in [5.74, 6) is 0. The fourth-order valence-corrected chi connectivity index (χ4v) is 3.25. The summed E-state index contributed by atoms with van der Waals surface area (Å²) in [4.78, 5) is 0. The van der Waals surface area contributed by atoms with Gasteiger partial charge in [0.05, 0.1) is 26.2 Å². The van der Waals surface area contributed by atoms with Gasteiger partial charge in [-0.25, -0.2) is 0 Å². The van der Waals surface area contributed by atoms with E-state index in [0.29, 0.717) is 0 Å². The standard InChI is InChI=1S/C17H20N8/c1-5-18-22(9-1)13-17(14-23-10-2-6-19-23,15-24-11-3-7-20-24)16-25-12-4-8-21-25/h1-12H,13-16H2. The zero-order valence-corrected chi connectivity index (χ0v) is 13.8. The number of rotatable bonds is 8. The maximum Gasteiger partial charge on any atom is 0.0518 e. The molecule has 0 saturated heterocycles. The molecule has 4 aromatic rings. The molecule has 0 bridgehead atoms. The van der Waals surface area contributed by atoms with E-state index in [1.165, 1.54) is 0 Å². The van der Waals surface area contributed by atoms with Gasteiger partial charge in [-0.3, -0.25) is 18.7 Å². The lowest BCUT2D eigenvalue weighted by atomic mass is 9.87. The van der Waals surface area contributed by atoms with Crippen LogP contribution in [0.2, 0.25) is 0 Å². The van der Waals surface area contributed by atoms with Gasteiger partial charge in [-0.05, 0) is 24.3 Å². The van der Waals surface area contributed by atoms with E-state index >= 15 is 0 Å². The molecule has 0 aliphatic rings. The van der Waals surface area contributed by atoms with Gasteiger partial charge in [-0.2, -0.15) is 20.4 Å². The van der Waals surface area contributed by atoms with Crippen LogP contribution in [0.4, 0.5) is 0 Å². The van der Waals surface area contributed by atoms with Crippen molar-refractivity contribution < 1.29 is 0 Å². The minimum Gasteiger partial charge on any atom is -0.272 e. The zero-order valence-electron chi connectivity index (χ0n) is 13.8. The summed E-state index contributed by atoms with van der Waals surface area (Å²) in [7, 11) is 0. The van der Waals surface area contributed by atoms with E-state index in [-0.39, 0.29) is 5.41 Å². The van der Waals surface area contributed by atoms with Gasteiger partial charge in [0.1, 0.15) is 0 Å². The molecule has 0 fully saturated rings. The maximum absolute atomic E-state index is 4.42. The molecule has 128 valence electrons. The van der Waals surface area contributed by atoms with E-state index in [9.17, 15) is 0 Å². The normalized spacial score (nSPS) is 11.8. The second-order valence-electron chi connectivity index (χ2n) is 6.31. The Labute approximate surface area is 145 Å². The molecule has 25 heavy (non-hydrogen) atoms. The molecule has 0 aromatic carbocycles. The molecule has 0 radical (unpaired) electrons. The Hall–Kier alpha value is -3.16. The number of nitrogens with zero attached hydrogens (tertiary/aromatic N) is 8. The Kier molecular flexibility index (Phi) is 4.16. The Morgan fingerprint density at radius 1 is 0.480 bits per heavy atom. The smallest absolute Gasteiger partial charge is 0.0518 e. The molecule has 0 atom stereocenters. The first-order valence-electron chi connectivity index (χ1n) is 8.21. The van der Waals surface area contributed by atoms with Crippen molar-refractivity contribution in [2.75, 3.05) is 0 Å². The van der Waals surface area contributed by atoms with Gasteiger partial charge < -0.3 is 0 Å². The van der Waals surface area contributed by atoms with Crippen molar-refractivity contribution in [3.8, 4) is 0 Å². The van der Waals surface area contributed by atoms with Crippen molar-refractivity contribution in [3.63, 3.8) is 0 Å². The second kappa shape index (κ2) is 6.76. The van der Waals surface area contributed by atoms with Crippen LogP contribution in [0.5, 0.6) is 0 Å². The van der Waals surface area contributed by atoms with Crippen LogP contribution in [-0.4, -0.2) is 39.1 Å². The minimum absolute atomic E-state index is 0.198. The van der Waals surface area contributed by atoms with E-state index in [4.69, 9.17) is 0 Å². The van der Waals surface area contributed by atoms with Gasteiger partial charge in [0.2, 0.25) is 0 Å². The third-order valence-corrected chi connectivity index (χ3v) is 4.23. The van der Waals surface area contributed by atoms with E-state index in [1.807, 2.05) is 67.8 Å². The Bertz CT molecular complexity index is 694. The summed E-state index contributed by atoms with van der Waals surface area (Å²) in [5, 5.41) is 17.7. The minimum atomic E-state index is -0.198. The van der Waals surface area contributed by atoms with Gasteiger partial charge in [-0.15, -0.1) is 0 Å². The highest BCUT2D eigenvalue weighted by molar-refractivity contribution is 4.90. The summed E-state index contributed by atoms with van der Waals surface area (Å²) in [6.45, 7) is 2.94. The molecule has 4 aromatic heterocycles. The monoisotopic (exact) mass is 336 g/mol. The van der Waals surface area contributed by atoms with Crippen molar-refractivity contribution in [1.82, 2.24) is 39.1 Å². The van der Waals surface area contributed by atoms with Gasteiger partial charge in [0.15, 0.2) is 0 Å². The predicted octanol–water partition coefficient (Wildman–Crippen LogP) is 1.56. The quantitative estimate of drug-likeness (QED) is 0.489. The fourth-order valence-electron chi connectivity index (χ4n) is 3.25. The molecule has 0 aliphatic heterocycles. The highest BCUT2D eigenvalue weighted by Crippen LogP contribution is 2.27. The van der Waals surface area contributed by atoms with Gasteiger partial charge in [-0.1, -0.05) is 0 Å². The number of aromatic nitrogens is 8. The van der Waals surface area contributed by atoms with Gasteiger partial charge in [0.25, 0.3) is 0 Å². The Morgan fingerprint density at radius 2 is 0.760 bits per heavy atom. The van der Waals surface area contributed by atoms with E-state index < -0.39 is 0 Å². The number of hydrogen-bond acceptors (Lipinski definition) is 4. The van der Waals surface area contributed by atoms with Crippen LogP contribution in [-0.2, 0) is 26.2 Å². The van der Waals surface area contributed by atoms with E-state index in [1.54, 1.807) is 24.8 Å². The average molecular weight is 336 g/mol. The molecular weight excluding hydrogens is 316 g/mol. The topological polar surface area (TPSA) is 71.3 Å². The molecule has 0 unspecified atom stereocenters. The van der Waals surface area contributed by atoms with Crippen molar-refractivity contribution in [3.05, 3.63) is 73.8 Å². The Balaban J connectivity index is 1.70. The summed E-state index contributed by atoms with van der Waals surface area (Å²) in [6, 6.07) is 7.78. The van der Waals surface area contributed by atoms with E-state index in [0.717, 1.165) is 26.2 Å².